The molecular formula is C55H107NO4. The smallest absolute Gasteiger partial charge is 0.220 e. The van der Waals surface area contributed by atoms with Crippen LogP contribution in [0.2, 0.25) is 0 Å². The van der Waals surface area contributed by atoms with Crippen LogP contribution in [0.3, 0.4) is 0 Å². The fraction of sp³-hybridized carbons (Fsp3) is 0.909. The van der Waals surface area contributed by atoms with Crippen LogP contribution in [0.25, 0.3) is 0 Å². The first-order valence-corrected chi connectivity index (χ1v) is 27.1. The lowest BCUT2D eigenvalue weighted by Gasteiger charge is -2.26. The molecule has 0 aromatic carbocycles. The maximum atomic E-state index is 12.5. The predicted octanol–water partition coefficient (Wildman–Crippen LogP) is 16.5. The third-order valence-corrected chi connectivity index (χ3v) is 12.8. The molecule has 0 aliphatic rings. The van der Waals surface area contributed by atoms with Crippen molar-refractivity contribution in [3.05, 3.63) is 24.3 Å². The van der Waals surface area contributed by atoms with Gasteiger partial charge in [0.05, 0.1) is 18.8 Å². The maximum absolute atomic E-state index is 12.5. The van der Waals surface area contributed by atoms with Gasteiger partial charge in [0, 0.05) is 6.42 Å². The van der Waals surface area contributed by atoms with Gasteiger partial charge < -0.3 is 20.6 Å². The van der Waals surface area contributed by atoms with Crippen LogP contribution >= 0.6 is 0 Å². The molecule has 0 aliphatic carbocycles. The Morgan fingerprint density at radius 2 is 0.667 bits per heavy atom. The molecule has 0 saturated heterocycles. The molecular weight excluding hydrogens is 739 g/mol. The molecule has 1 amide bonds. The molecule has 0 heterocycles. The molecule has 3 unspecified atom stereocenters. The molecule has 0 bridgehead atoms. The molecule has 0 aliphatic heterocycles. The van der Waals surface area contributed by atoms with E-state index in [9.17, 15) is 20.1 Å². The van der Waals surface area contributed by atoms with E-state index in [1.54, 1.807) is 0 Å². The topological polar surface area (TPSA) is 89.8 Å². The highest BCUT2D eigenvalue weighted by atomic mass is 16.3. The van der Waals surface area contributed by atoms with Crippen LogP contribution in [0, 0.1) is 0 Å². The summed E-state index contributed by atoms with van der Waals surface area (Å²) >= 11 is 0. The van der Waals surface area contributed by atoms with Gasteiger partial charge in [0.1, 0.15) is 6.10 Å². The van der Waals surface area contributed by atoms with Crippen molar-refractivity contribution in [2.45, 2.75) is 315 Å². The van der Waals surface area contributed by atoms with Crippen molar-refractivity contribution in [3.63, 3.8) is 0 Å². The lowest BCUT2D eigenvalue weighted by atomic mass is 10.0. The number of nitrogens with one attached hydrogen (secondary N) is 1. The highest BCUT2D eigenvalue weighted by Crippen LogP contribution is 2.17. The number of rotatable bonds is 50. The fourth-order valence-corrected chi connectivity index (χ4v) is 8.57. The first-order valence-electron chi connectivity index (χ1n) is 27.1. The summed E-state index contributed by atoms with van der Waals surface area (Å²) in [5.74, 6) is -0.155. The second-order valence-electron chi connectivity index (χ2n) is 18.8. The largest absolute Gasteiger partial charge is 0.394 e. The second-order valence-corrected chi connectivity index (χ2v) is 18.8. The summed E-state index contributed by atoms with van der Waals surface area (Å²) < 4.78 is 0. The highest BCUT2D eigenvalue weighted by molar-refractivity contribution is 5.76. The van der Waals surface area contributed by atoms with Crippen molar-refractivity contribution in [2.75, 3.05) is 6.61 Å². The van der Waals surface area contributed by atoms with E-state index in [2.05, 4.69) is 43.5 Å². The number of hydrogen-bond donors (Lipinski definition) is 4. The van der Waals surface area contributed by atoms with Crippen LogP contribution in [-0.2, 0) is 4.79 Å². The molecule has 5 nitrogen and oxygen atoms in total. The van der Waals surface area contributed by atoms with Crippen molar-refractivity contribution in [2.24, 2.45) is 0 Å². The molecule has 3 atom stereocenters. The molecule has 356 valence electrons. The SMILES string of the molecule is CCCCCCCCCCCCC/C=C\CCCCCCCCCC(=O)NC(CO)C(O)C(O)CCC/C=C/CCCCCCCCCCCCCCCCCCCCC. The third kappa shape index (κ3) is 44.9. The maximum Gasteiger partial charge on any atom is 0.220 e. The van der Waals surface area contributed by atoms with Gasteiger partial charge in [-0.25, -0.2) is 0 Å². The summed E-state index contributed by atoms with van der Waals surface area (Å²) in [6.07, 6.45) is 63.2. The van der Waals surface area contributed by atoms with Gasteiger partial charge in [-0.3, -0.25) is 4.79 Å². The quantitative estimate of drug-likeness (QED) is 0.0363. The Bertz CT molecular complexity index is 890. The van der Waals surface area contributed by atoms with E-state index < -0.39 is 18.2 Å². The Hall–Kier alpha value is -1.17. The summed E-state index contributed by atoms with van der Waals surface area (Å²) in [5, 5.41) is 33.7. The number of hydrogen-bond acceptors (Lipinski definition) is 4. The molecule has 5 heteroatoms. The van der Waals surface area contributed by atoms with E-state index in [4.69, 9.17) is 0 Å². The number of unbranched alkanes of at least 4 members (excludes halogenated alkanes) is 38. The zero-order valence-electron chi connectivity index (χ0n) is 40.6. The predicted molar refractivity (Wildman–Crippen MR) is 264 cm³/mol. The van der Waals surface area contributed by atoms with E-state index >= 15 is 0 Å². The van der Waals surface area contributed by atoms with Gasteiger partial charge in [-0.05, 0) is 64.2 Å². The van der Waals surface area contributed by atoms with Crippen molar-refractivity contribution < 1.29 is 20.1 Å². The summed E-state index contributed by atoms with van der Waals surface area (Å²) in [7, 11) is 0. The van der Waals surface area contributed by atoms with E-state index in [-0.39, 0.29) is 12.5 Å². The van der Waals surface area contributed by atoms with Gasteiger partial charge in [0.15, 0.2) is 0 Å². The number of aliphatic hydroxyl groups is 3. The van der Waals surface area contributed by atoms with Crippen molar-refractivity contribution in [1.82, 2.24) is 5.32 Å². The van der Waals surface area contributed by atoms with Crippen LogP contribution in [0.1, 0.15) is 296 Å². The van der Waals surface area contributed by atoms with Crippen molar-refractivity contribution in [1.29, 1.82) is 0 Å². The average molecular weight is 846 g/mol. The van der Waals surface area contributed by atoms with Crippen LogP contribution in [-0.4, -0.2) is 46.1 Å². The highest BCUT2D eigenvalue weighted by Gasteiger charge is 2.26. The van der Waals surface area contributed by atoms with E-state index in [1.165, 1.54) is 231 Å². The zero-order valence-corrected chi connectivity index (χ0v) is 40.6. The Kier molecular flexibility index (Phi) is 49.5. The molecule has 0 saturated carbocycles. The van der Waals surface area contributed by atoms with Crippen molar-refractivity contribution >= 4 is 5.91 Å². The number of carbonyl (C=O) groups excluding carboxylic acids is 1. The monoisotopic (exact) mass is 846 g/mol. The number of aliphatic hydroxyl groups excluding tert-OH is 3. The molecule has 60 heavy (non-hydrogen) atoms. The Morgan fingerprint density at radius 3 is 0.967 bits per heavy atom. The van der Waals surface area contributed by atoms with Crippen LogP contribution in [0.5, 0.6) is 0 Å². The average Bonchev–Trinajstić information content (AvgIpc) is 3.25. The van der Waals surface area contributed by atoms with Gasteiger partial charge >= 0.3 is 0 Å². The van der Waals surface area contributed by atoms with Crippen molar-refractivity contribution in [3.8, 4) is 0 Å². The first-order chi connectivity index (χ1) is 29.6. The molecule has 4 N–H and O–H groups in total. The van der Waals surface area contributed by atoms with Gasteiger partial charge in [-0.15, -0.1) is 0 Å². The zero-order chi connectivity index (χ0) is 43.7. The Labute approximate surface area is 375 Å². The normalized spacial score (nSPS) is 13.5. The van der Waals surface area contributed by atoms with Gasteiger partial charge in [0.2, 0.25) is 5.91 Å². The lowest BCUT2D eigenvalue weighted by Crippen LogP contribution is -2.50. The minimum Gasteiger partial charge on any atom is -0.394 e. The molecule has 0 spiro atoms. The lowest BCUT2D eigenvalue weighted by molar-refractivity contribution is -0.124. The Balaban J connectivity index is 3.58. The van der Waals surface area contributed by atoms with Gasteiger partial charge in [-0.1, -0.05) is 250 Å². The summed E-state index contributed by atoms with van der Waals surface area (Å²) in [4.78, 5) is 12.5. The standard InChI is InChI=1S/C55H107NO4/c1-3-5-7-9-11-13-15-17-19-21-23-25-27-28-29-31-33-35-37-39-41-43-45-47-49-53(58)55(60)52(51-57)56-54(59)50-48-46-44-42-40-38-36-34-32-30-26-24-22-20-18-16-14-12-10-8-6-4-2/h30,32,41,43,52-53,55,57-58,60H,3-29,31,33-40,42,44-51H2,1-2H3,(H,56,59)/b32-30-,43-41+. The van der Waals surface area contributed by atoms with E-state index in [0.717, 1.165) is 38.5 Å². The molecule has 0 fully saturated rings. The van der Waals surface area contributed by atoms with Gasteiger partial charge in [0.25, 0.3) is 0 Å². The first kappa shape index (κ1) is 58.8. The van der Waals surface area contributed by atoms with E-state index in [0.29, 0.717) is 12.8 Å². The minimum atomic E-state index is -1.16. The number of allylic oxidation sites excluding steroid dienone is 4. The molecule has 0 rings (SSSR count). The third-order valence-electron chi connectivity index (χ3n) is 12.8. The second kappa shape index (κ2) is 50.5. The molecule has 0 aromatic rings. The van der Waals surface area contributed by atoms with Crippen LogP contribution in [0.4, 0.5) is 0 Å². The molecule has 0 aromatic heterocycles. The fourth-order valence-electron chi connectivity index (χ4n) is 8.57. The van der Waals surface area contributed by atoms with Crippen LogP contribution < -0.4 is 5.32 Å². The number of amides is 1. The van der Waals surface area contributed by atoms with Crippen LogP contribution in [0.15, 0.2) is 24.3 Å². The summed E-state index contributed by atoms with van der Waals surface area (Å²) in [5.41, 5.74) is 0. The molecule has 0 radical (unpaired) electrons. The van der Waals surface area contributed by atoms with E-state index in [1.807, 2.05) is 0 Å². The summed E-state index contributed by atoms with van der Waals surface area (Å²) in [6.45, 7) is 4.20. The minimum absolute atomic E-state index is 0.155. The summed E-state index contributed by atoms with van der Waals surface area (Å²) in [6, 6.07) is -0.828. The number of carbonyl (C=O) groups is 1. The van der Waals surface area contributed by atoms with Gasteiger partial charge in [-0.2, -0.15) is 0 Å². The Morgan fingerprint density at radius 1 is 0.400 bits per heavy atom.